The molecule has 3 rings (SSSR count). The number of hydrogen-bond donors (Lipinski definition) is 1. The van der Waals surface area contributed by atoms with Crippen LogP contribution in [0, 0.1) is 6.92 Å². The summed E-state index contributed by atoms with van der Waals surface area (Å²) in [7, 11) is -3.55. The van der Waals surface area contributed by atoms with Crippen molar-refractivity contribution in [3.8, 4) is 11.1 Å². The molecule has 1 amide bonds. The molecule has 0 aliphatic heterocycles. The first-order chi connectivity index (χ1) is 13.8. The summed E-state index contributed by atoms with van der Waals surface area (Å²) >= 11 is 0. The SMILES string of the molecule is Cc1ccc(CN(CC(=O)Nc2ccccc2-c2ccccc2)S(C)(=O)=O)cc1. The van der Waals surface area contributed by atoms with Crippen LogP contribution in [0.2, 0.25) is 0 Å². The third-order valence-electron chi connectivity index (χ3n) is 4.55. The van der Waals surface area contributed by atoms with Crippen molar-refractivity contribution in [2.45, 2.75) is 13.5 Å². The fourth-order valence-electron chi connectivity index (χ4n) is 3.00. The zero-order chi connectivity index (χ0) is 20.9. The van der Waals surface area contributed by atoms with Crippen molar-refractivity contribution in [1.82, 2.24) is 4.31 Å². The van der Waals surface area contributed by atoms with Gasteiger partial charge in [0.1, 0.15) is 0 Å². The molecule has 0 atom stereocenters. The smallest absolute Gasteiger partial charge is 0.239 e. The van der Waals surface area contributed by atoms with Crippen LogP contribution < -0.4 is 5.32 Å². The molecule has 0 aliphatic rings. The molecule has 29 heavy (non-hydrogen) atoms. The van der Waals surface area contributed by atoms with Crippen LogP contribution in [-0.4, -0.2) is 31.4 Å². The summed E-state index contributed by atoms with van der Waals surface area (Å²) < 4.78 is 25.6. The molecule has 0 aromatic heterocycles. The molecule has 150 valence electrons. The van der Waals surface area contributed by atoms with Crippen molar-refractivity contribution in [2.24, 2.45) is 0 Å². The van der Waals surface area contributed by atoms with Gasteiger partial charge in [-0.25, -0.2) is 8.42 Å². The Morgan fingerprint density at radius 3 is 2.17 bits per heavy atom. The molecule has 3 aromatic carbocycles. The summed E-state index contributed by atoms with van der Waals surface area (Å²) in [6.45, 7) is 1.86. The summed E-state index contributed by atoms with van der Waals surface area (Å²) in [6.07, 6.45) is 1.12. The molecule has 0 saturated carbocycles. The number of amides is 1. The van der Waals surface area contributed by atoms with Gasteiger partial charge in [0.2, 0.25) is 15.9 Å². The molecule has 5 nitrogen and oxygen atoms in total. The molecule has 0 heterocycles. The van der Waals surface area contributed by atoms with Crippen molar-refractivity contribution in [1.29, 1.82) is 0 Å². The van der Waals surface area contributed by atoms with Crippen LogP contribution in [0.3, 0.4) is 0 Å². The zero-order valence-electron chi connectivity index (χ0n) is 16.5. The molecule has 0 bridgehead atoms. The highest BCUT2D eigenvalue weighted by atomic mass is 32.2. The predicted octanol–water partition coefficient (Wildman–Crippen LogP) is 4.06. The van der Waals surface area contributed by atoms with Gasteiger partial charge < -0.3 is 5.32 Å². The van der Waals surface area contributed by atoms with Gasteiger partial charge in [-0.05, 0) is 24.1 Å². The Hall–Kier alpha value is -2.96. The number of carbonyl (C=O) groups is 1. The number of nitrogens with one attached hydrogen (secondary N) is 1. The van der Waals surface area contributed by atoms with Crippen molar-refractivity contribution in [3.63, 3.8) is 0 Å². The van der Waals surface area contributed by atoms with E-state index in [0.717, 1.165) is 28.5 Å². The van der Waals surface area contributed by atoms with Gasteiger partial charge in [-0.3, -0.25) is 4.79 Å². The minimum absolute atomic E-state index is 0.146. The van der Waals surface area contributed by atoms with E-state index in [1.807, 2.05) is 85.8 Å². The fraction of sp³-hybridized carbons (Fsp3) is 0.174. The lowest BCUT2D eigenvalue weighted by Gasteiger charge is -2.20. The summed E-state index contributed by atoms with van der Waals surface area (Å²) in [6, 6.07) is 24.8. The maximum Gasteiger partial charge on any atom is 0.239 e. The van der Waals surface area contributed by atoms with Gasteiger partial charge in [0.15, 0.2) is 0 Å². The second kappa shape index (κ2) is 9.03. The van der Waals surface area contributed by atoms with Crippen LogP contribution in [0.15, 0.2) is 78.9 Å². The summed E-state index contributed by atoms with van der Waals surface area (Å²) in [5, 5.41) is 2.86. The van der Waals surface area contributed by atoms with Crippen molar-refractivity contribution >= 4 is 21.6 Å². The van der Waals surface area contributed by atoms with E-state index in [2.05, 4.69) is 5.32 Å². The molecular weight excluding hydrogens is 384 g/mol. The Morgan fingerprint density at radius 1 is 0.897 bits per heavy atom. The van der Waals surface area contributed by atoms with E-state index in [0.29, 0.717) is 5.69 Å². The van der Waals surface area contributed by atoms with Crippen molar-refractivity contribution in [3.05, 3.63) is 90.0 Å². The zero-order valence-corrected chi connectivity index (χ0v) is 17.3. The minimum atomic E-state index is -3.55. The molecule has 0 radical (unpaired) electrons. The predicted molar refractivity (Wildman–Crippen MR) is 117 cm³/mol. The van der Waals surface area contributed by atoms with E-state index >= 15 is 0 Å². The maximum atomic E-state index is 12.7. The first-order valence-corrected chi connectivity index (χ1v) is 11.1. The number of carbonyl (C=O) groups excluding carboxylic acids is 1. The number of hydrogen-bond acceptors (Lipinski definition) is 3. The standard InChI is InChI=1S/C23H24N2O3S/c1-18-12-14-19(15-13-18)16-25(29(2,27)28)17-23(26)24-22-11-7-6-10-21(22)20-8-4-3-5-9-20/h3-15H,16-17H2,1-2H3,(H,24,26). The second-order valence-corrected chi connectivity index (χ2v) is 8.96. The number of benzene rings is 3. The van der Waals surface area contributed by atoms with E-state index < -0.39 is 10.0 Å². The largest absolute Gasteiger partial charge is 0.324 e. The summed E-state index contributed by atoms with van der Waals surface area (Å²) in [4.78, 5) is 12.7. The van der Waals surface area contributed by atoms with E-state index in [-0.39, 0.29) is 19.0 Å². The monoisotopic (exact) mass is 408 g/mol. The average molecular weight is 409 g/mol. The number of rotatable bonds is 7. The molecule has 1 N–H and O–H groups in total. The Labute approximate surface area is 172 Å². The molecule has 6 heteroatoms. The Kier molecular flexibility index (Phi) is 6.46. The van der Waals surface area contributed by atoms with Gasteiger partial charge in [0.05, 0.1) is 12.8 Å². The first-order valence-electron chi connectivity index (χ1n) is 9.28. The molecule has 0 unspecified atom stereocenters. The van der Waals surface area contributed by atoms with Gasteiger partial charge in [-0.15, -0.1) is 0 Å². The number of sulfonamides is 1. The number of nitrogens with zero attached hydrogens (tertiary/aromatic N) is 1. The molecule has 0 saturated heterocycles. The lowest BCUT2D eigenvalue weighted by Crippen LogP contribution is -2.37. The second-order valence-electron chi connectivity index (χ2n) is 6.98. The van der Waals surface area contributed by atoms with Crippen LogP contribution in [0.5, 0.6) is 0 Å². The number of para-hydroxylation sites is 1. The first kappa shape index (κ1) is 20.8. The molecule has 3 aromatic rings. The van der Waals surface area contributed by atoms with Crippen LogP contribution in [-0.2, 0) is 21.4 Å². The maximum absolute atomic E-state index is 12.7. The van der Waals surface area contributed by atoms with Gasteiger partial charge in [-0.2, -0.15) is 4.31 Å². The lowest BCUT2D eigenvalue weighted by molar-refractivity contribution is -0.116. The van der Waals surface area contributed by atoms with Gasteiger partial charge in [-0.1, -0.05) is 78.4 Å². The lowest BCUT2D eigenvalue weighted by atomic mass is 10.0. The Morgan fingerprint density at radius 2 is 1.52 bits per heavy atom. The average Bonchev–Trinajstić information content (AvgIpc) is 2.69. The third-order valence-corrected chi connectivity index (χ3v) is 5.75. The fourth-order valence-corrected chi connectivity index (χ4v) is 3.73. The number of aryl methyl sites for hydroxylation is 1. The van der Waals surface area contributed by atoms with Crippen LogP contribution in [0.4, 0.5) is 5.69 Å². The Bertz CT molecular complexity index is 1080. The van der Waals surface area contributed by atoms with Crippen molar-refractivity contribution < 1.29 is 13.2 Å². The molecule has 0 spiro atoms. The molecular formula is C23H24N2O3S. The Balaban J connectivity index is 1.77. The van der Waals surface area contributed by atoms with E-state index in [4.69, 9.17) is 0 Å². The minimum Gasteiger partial charge on any atom is -0.324 e. The molecule has 0 fully saturated rings. The topological polar surface area (TPSA) is 66.5 Å². The highest BCUT2D eigenvalue weighted by Gasteiger charge is 2.21. The van der Waals surface area contributed by atoms with Crippen molar-refractivity contribution in [2.75, 3.05) is 18.1 Å². The van der Waals surface area contributed by atoms with E-state index in [1.165, 1.54) is 4.31 Å². The van der Waals surface area contributed by atoms with Gasteiger partial charge in [0, 0.05) is 17.8 Å². The summed E-state index contributed by atoms with van der Waals surface area (Å²) in [5.74, 6) is -0.383. The molecule has 0 aliphatic carbocycles. The normalized spacial score (nSPS) is 11.4. The van der Waals surface area contributed by atoms with E-state index in [9.17, 15) is 13.2 Å². The third kappa shape index (κ3) is 5.76. The van der Waals surface area contributed by atoms with Gasteiger partial charge in [0.25, 0.3) is 0 Å². The van der Waals surface area contributed by atoms with E-state index in [1.54, 1.807) is 0 Å². The van der Waals surface area contributed by atoms with Crippen LogP contribution in [0.25, 0.3) is 11.1 Å². The number of anilines is 1. The highest BCUT2D eigenvalue weighted by molar-refractivity contribution is 7.88. The van der Waals surface area contributed by atoms with Crippen LogP contribution >= 0.6 is 0 Å². The van der Waals surface area contributed by atoms with Crippen LogP contribution in [0.1, 0.15) is 11.1 Å². The summed E-state index contributed by atoms with van der Waals surface area (Å²) in [5.41, 5.74) is 4.43. The van der Waals surface area contributed by atoms with Gasteiger partial charge >= 0.3 is 0 Å². The highest BCUT2D eigenvalue weighted by Crippen LogP contribution is 2.27. The quantitative estimate of drug-likeness (QED) is 0.641.